The maximum atomic E-state index is 6.24. The monoisotopic (exact) mass is 210 g/mol. The van der Waals surface area contributed by atoms with Crippen LogP contribution in [0.3, 0.4) is 0 Å². The first-order chi connectivity index (χ1) is 7.18. The molecule has 0 spiro atoms. The molecule has 0 amide bonds. The predicted octanol–water partition coefficient (Wildman–Crippen LogP) is 1.30. The molecule has 0 radical (unpaired) electrons. The normalized spacial score (nSPS) is 14.7. The fourth-order valence-corrected chi connectivity index (χ4v) is 1.52. The summed E-state index contributed by atoms with van der Waals surface area (Å²) in [5.41, 5.74) is 6.40. The summed E-state index contributed by atoms with van der Waals surface area (Å²) in [6, 6.07) is 3.68. The fraction of sp³-hybridized carbons (Fsp3) is 0.545. The highest BCUT2D eigenvalue weighted by Gasteiger charge is 2.30. The number of hydrogen-bond donors (Lipinski definition) is 1. The van der Waals surface area contributed by atoms with E-state index in [1.54, 1.807) is 20.4 Å². The van der Waals surface area contributed by atoms with E-state index in [0.29, 0.717) is 12.4 Å². The van der Waals surface area contributed by atoms with Crippen LogP contribution in [0.25, 0.3) is 0 Å². The van der Waals surface area contributed by atoms with Gasteiger partial charge in [-0.15, -0.1) is 0 Å². The Bertz CT molecular complexity index is 317. The number of rotatable bonds is 5. The Morgan fingerprint density at radius 3 is 2.73 bits per heavy atom. The van der Waals surface area contributed by atoms with Gasteiger partial charge in [0.05, 0.1) is 19.3 Å². The van der Waals surface area contributed by atoms with E-state index in [1.165, 1.54) is 0 Å². The van der Waals surface area contributed by atoms with Crippen LogP contribution in [-0.4, -0.2) is 25.8 Å². The Morgan fingerprint density at radius 2 is 2.20 bits per heavy atom. The third-order valence-electron chi connectivity index (χ3n) is 2.50. The number of hydrogen-bond acceptors (Lipinski definition) is 4. The maximum Gasteiger partial charge on any atom is 0.142 e. The summed E-state index contributed by atoms with van der Waals surface area (Å²) in [6.07, 6.45) is 2.46. The Morgan fingerprint density at radius 1 is 1.47 bits per heavy atom. The fourth-order valence-electron chi connectivity index (χ4n) is 1.52. The minimum Gasteiger partial charge on any atom is -0.495 e. The largest absolute Gasteiger partial charge is 0.495 e. The molecule has 0 saturated heterocycles. The Balaban J connectivity index is 3.10. The number of methoxy groups -OCH3 is 2. The number of ether oxygens (including phenoxy) is 2. The molecule has 2 N–H and O–H groups in total. The van der Waals surface area contributed by atoms with Gasteiger partial charge in [0.25, 0.3) is 0 Å². The van der Waals surface area contributed by atoms with Gasteiger partial charge in [-0.1, -0.05) is 6.92 Å². The summed E-state index contributed by atoms with van der Waals surface area (Å²) < 4.78 is 10.4. The standard InChI is InChI=1S/C11H18N2O2/c1-4-11(12,8-14-2)10-9(15-3)6-5-7-13-10/h5-7H,4,8,12H2,1-3H3. The molecule has 84 valence electrons. The van der Waals surface area contributed by atoms with E-state index in [1.807, 2.05) is 19.1 Å². The SMILES string of the molecule is CCC(N)(COC)c1ncccc1OC. The number of aromatic nitrogens is 1. The molecule has 1 aromatic heterocycles. The third kappa shape index (κ3) is 2.46. The van der Waals surface area contributed by atoms with Gasteiger partial charge in [0, 0.05) is 13.3 Å². The topological polar surface area (TPSA) is 57.4 Å². The highest BCUT2D eigenvalue weighted by molar-refractivity contribution is 5.32. The molecule has 1 rings (SSSR count). The van der Waals surface area contributed by atoms with Crippen LogP contribution in [0.15, 0.2) is 18.3 Å². The minimum atomic E-state index is -0.582. The van der Waals surface area contributed by atoms with Crippen molar-refractivity contribution >= 4 is 0 Å². The Kier molecular flexibility index (Phi) is 4.05. The van der Waals surface area contributed by atoms with Gasteiger partial charge < -0.3 is 15.2 Å². The highest BCUT2D eigenvalue weighted by Crippen LogP contribution is 2.28. The van der Waals surface area contributed by atoms with Crippen molar-refractivity contribution in [2.45, 2.75) is 18.9 Å². The second kappa shape index (κ2) is 5.09. The highest BCUT2D eigenvalue weighted by atomic mass is 16.5. The molecule has 4 nitrogen and oxygen atoms in total. The number of pyridine rings is 1. The molecule has 4 heteroatoms. The van der Waals surface area contributed by atoms with E-state index in [4.69, 9.17) is 15.2 Å². The molecule has 0 fully saturated rings. The zero-order valence-corrected chi connectivity index (χ0v) is 9.49. The second-order valence-electron chi connectivity index (χ2n) is 3.50. The van der Waals surface area contributed by atoms with Crippen LogP contribution in [0.2, 0.25) is 0 Å². The molecule has 0 saturated carbocycles. The molecule has 1 heterocycles. The predicted molar refractivity (Wildman–Crippen MR) is 58.8 cm³/mol. The average molecular weight is 210 g/mol. The summed E-state index contributed by atoms with van der Waals surface area (Å²) in [7, 11) is 3.25. The Hall–Kier alpha value is -1.13. The van der Waals surface area contributed by atoms with Crippen molar-refractivity contribution in [2.24, 2.45) is 5.73 Å². The average Bonchev–Trinajstić information content (AvgIpc) is 2.29. The lowest BCUT2D eigenvalue weighted by Crippen LogP contribution is -2.41. The first-order valence-corrected chi connectivity index (χ1v) is 4.95. The van der Waals surface area contributed by atoms with Crippen LogP contribution in [0.5, 0.6) is 5.75 Å². The van der Waals surface area contributed by atoms with Crippen LogP contribution in [0.4, 0.5) is 0 Å². The lowest BCUT2D eigenvalue weighted by molar-refractivity contribution is 0.125. The lowest BCUT2D eigenvalue weighted by Gasteiger charge is -2.27. The van der Waals surface area contributed by atoms with Crippen molar-refractivity contribution < 1.29 is 9.47 Å². The van der Waals surface area contributed by atoms with Crippen LogP contribution >= 0.6 is 0 Å². The van der Waals surface area contributed by atoms with E-state index in [-0.39, 0.29) is 0 Å². The van der Waals surface area contributed by atoms with Gasteiger partial charge in [-0.3, -0.25) is 4.98 Å². The molecule has 0 bridgehead atoms. The molecular formula is C11H18N2O2. The molecule has 0 aliphatic carbocycles. The molecule has 1 aromatic rings. The number of nitrogens with two attached hydrogens (primary N) is 1. The lowest BCUT2D eigenvalue weighted by atomic mass is 9.93. The first kappa shape index (κ1) is 11.9. The van der Waals surface area contributed by atoms with Crippen LogP contribution in [0.1, 0.15) is 19.0 Å². The molecule has 15 heavy (non-hydrogen) atoms. The van der Waals surface area contributed by atoms with E-state index >= 15 is 0 Å². The maximum absolute atomic E-state index is 6.24. The van der Waals surface area contributed by atoms with Gasteiger partial charge in [-0.25, -0.2) is 0 Å². The Labute approximate surface area is 90.4 Å². The van der Waals surface area contributed by atoms with Gasteiger partial charge in [0.15, 0.2) is 0 Å². The quantitative estimate of drug-likeness (QED) is 0.796. The smallest absolute Gasteiger partial charge is 0.142 e. The summed E-state index contributed by atoms with van der Waals surface area (Å²) in [6.45, 7) is 2.43. The molecular weight excluding hydrogens is 192 g/mol. The van der Waals surface area contributed by atoms with Crippen molar-refractivity contribution in [3.63, 3.8) is 0 Å². The van der Waals surface area contributed by atoms with Crippen LogP contribution in [0, 0.1) is 0 Å². The third-order valence-corrected chi connectivity index (χ3v) is 2.50. The zero-order chi connectivity index (χ0) is 11.3. The van der Waals surface area contributed by atoms with E-state index in [2.05, 4.69) is 4.98 Å². The van der Waals surface area contributed by atoms with Crippen molar-refractivity contribution in [3.05, 3.63) is 24.0 Å². The van der Waals surface area contributed by atoms with Crippen molar-refractivity contribution in [3.8, 4) is 5.75 Å². The van der Waals surface area contributed by atoms with Crippen molar-refractivity contribution in [1.29, 1.82) is 0 Å². The van der Waals surface area contributed by atoms with Gasteiger partial charge >= 0.3 is 0 Å². The van der Waals surface area contributed by atoms with E-state index < -0.39 is 5.54 Å². The van der Waals surface area contributed by atoms with Gasteiger partial charge in [0.2, 0.25) is 0 Å². The molecule has 1 unspecified atom stereocenters. The summed E-state index contributed by atoms with van der Waals surface area (Å²) in [4.78, 5) is 4.28. The van der Waals surface area contributed by atoms with E-state index in [9.17, 15) is 0 Å². The van der Waals surface area contributed by atoms with Gasteiger partial charge in [-0.05, 0) is 18.6 Å². The first-order valence-electron chi connectivity index (χ1n) is 4.95. The van der Waals surface area contributed by atoms with Crippen molar-refractivity contribution in [1.82, 2.24) is 4.98 Å². The summed E-state index contributed by atoms with van der Waals surface area (Å²) >= 11 is 0. The molecule has 0 aliphatic heterocycles. The van der Waals surface area contributed by atoms with E-state index in [0.717, 1.165) is 12.1 Å². The molecule has 0 aromatic carbocycles. The molecule has 0 aliphatic rings. The molecule has 1 atom stereocenters. The van der Waals surface area contributed by atoms with Gasteiger partial charge in [0.1, 0.15) is 11.4 Å². The minimum absolute atomic E-state index is 0.427. The number of nitrogens with zero attached hydrogens (tertiary/aromatic N) is 1. The van der Waals surface area contributed by atoms with Crippen molar-refractivity contribution in [2.75, 3.05) is 20.8 Å². The van der Waals surface area contributed by atoms with Crippen LogP contribution < -0.4 is 10.5 Å². The van der Waals surface area contributed by atoms with Gasteiger partial charge in [-0.2, -0.15) is 0 Å². The second-order valence-corrected chi connectivity index (χ2v) is 3.50. The zero-order valence-electron chi connectivity index (χ0n) is 9.49. The summed E-state index contributed by atoms with van der Waals surface area (Å²) in [5, 5.41) is 0. The summed E-state index contributed by atoms with van der Waals surface area (Å²) in [5.74, 6) is 0.707. The van der Waals surface area contributed by atoms with Crippen LogP contribution in [-0.2, 0) is 10.3 Å².